The van der Waals surface area contributed by atoms with Gasteiger partial charge < -0.3 is 11.1 Å². The van der Waals surface area contributed by atoms with Crippen LogP contribution in [0, 0.1) is 19.8 Å². The molecule has 1 amide bonds. The van der Waals surface area contributed by atoms with Crippen molar-refractivity contribution in [1.82, 2.24) is 14.9 Å². The summed E-state index contributed by atoms with van der Waals surface area (Å²) in [6.07, 6.45) is 2.42. The molecule has 30 heavy (non-hydrogen) atoms. The van der Waals surface area contributed by atoms with Crippen LogP contribution < -0.4 is 11.1 Å². The van der Waals surface area contributed by atoms with Crippen molar-refractivity contribution in [2.45, 2.75) is 46.2 Å². The molecule has 1 aromatic carbocycles. The summed E-state index contributed by atoms with van der Waals surface area (Å²) in [5.74, 6) is 1.84. The molecule has 0 unspecified atom stereocenters. The van der Waals surface area contributed by atoms with E-state index < -0.39 is 11.9 Å². The molecule has 7 heteroatoms. The Balaban J connectivity index is 1.70. The number of aromatic nitrogens is 2. The molecule has 2 aromatic heterocycles. The predicted octanol–water partition coefficient (Wildman–Crippen LogP) is 4.18. The molecular weight excluding hydrogens is 394 g/mol. The average molecular weight is 424 g/mol. The Kier molecular flexibility index (Phi) is 6.01. The molecular formula is C23H29N5OS. The van der Waals surface area contributed by atoms with E-state index in [1.807, 2.05) is 30.3 Å². The predicted molar refractivity (Wildman–Crippen MR) is 123 cm³/mol. The van der Waals surface area contributed by atoms with Crippen LogP contribution in [0.2, 0.25) is 0 Å². The van der Waals surface area contributed by atoms with Gasteiger partial charge in [0.1, 0.15) is 22.5 Å². The molecule has 3 aromatic rings. The molecule has 0 bridgehead atoms. The van der Waals surface area contributed by atoms with E-state index >= 15 is 0 Å². The highest BCUT2D eigenvalue weighted by molar-refractivity contribution is 7.18. The number of nitrogens with one attached hydrogen (secondary N) is 1. The lowest BCUT2D eigenvalue weighted by Crippen LogP contribution is -2.33. The minimum atomic E-state index is -0.646. The number of piperidine rings is 1. The maximum Gasteiger partial charge on any atom is 0.244 e. The Hall–Kier alpha value is -2.51. The zero-order valence-corrected chi connectivity index (χ0v) is 18.6. The first-order valence-corrected chi connectivity index (χ1v) is 11.3. The highest BCUT2D eigenvalue weighted by Gasteiger charge is 2.23. The lowest BCUT2D eigenvalue weighted by atomic mass is 9.99. The van der Waals surface area contributed by atoms with Crippen LogP contribution in [0.4, 0.5) is 5.82 Å². The van der Waals surface area contributed by atoms with Gasteiger partial charge >= 0.3 is 0 Å². The van der Waals surface area contributed by atoms with Gasteiger partial charge in [-0.15, -0.1) is 11.3 Å². The number of rotatable bonds is 6. The summed E-state index contributed by atoms with van der Waals surface area (Å²) >= 11 is 1.67. The first-order chi connectivity index (χ1) is 14.4. The number of thiophene rings is 1. The summed E-state index contributed by atoms with van der Waals surface area (Å²) in [4.78, 5) is 26.6. The quantitative estimate of drug-likeness (QED) is 0.621. The monoisotopic (exact) mass is 423 g/mol. The fraction of sp³-hybridized carbons (Fsp3) is 0.435. The summed E-state index contributed by atoms with van der Waals surface area (Å²) < 4.78 is 0. The molecule has 0 aliphatic carbocycles. The Morgan fingerprint density at radius 3 is 2.60 bits per heavy atom. The van der Waals surface area contributed by atoms with Crippen LogP contribution in [0.5, 0.6) is 0 Å². The van der Waals surface area contributed by atoms with Crippen LogP contribution in [-0.4, -0.2) is 33.9 Å². The van der Waals surface area contributed by atoms with Gasteiger partial charge in [0.25, 0.3) is 0 Å². The summed E-state index contributed by atoms with van der Waals surface area (Å²) in [5, 5.41) is 4.32. The molecule has 1 aliphatic rings. The molecule has 1 fully saturated rings. The first-order valence-electron chi connectivity index (χ1n) is 10.5. The Labute approximate surface area is 181 Å². The SMILES string of the molecule is Cc1sc2nc(CN3CCC(C)CC3)nc(N[C@H](C(N)=O)c3ccccc3)c2c1C. The third kappa shape index (κ3) is 4.32. The van der Waals surface area contributed by atoms with Crippen LogP contribution >= 0.6 is 11.3 Å². The van der Waals surface area contributed by atoms with Crippen LogP contribution in [0.3, 0.4) is 0 Å². The average Bonchev–Trinajstić information content (AvgIpc) is 3.02. The van der Waals surface area contributed by atoms with Gasteiger partial charge in [0.2, 0.25) is 5.91 Å². The van der Waals surface area contributed by atoms with E-state index in [4.69, 9.17) is 15.7 Å². The Morgan fingerprint density at radius 2 is 1.93 bits per heavy atom. The highest BCUT2D eigenvalue weighted by Crippen LogP contribution is 2.35. The van der Waals surface area contributed by atoms with Crippen molar-refractivity contribution >= 4 is 33.3 Å². The fourth-order valence-corrected chi connectivity index (χ4v) is 5.04. The number of hydrogen-bond donors (Lipinski definition) is 2. The Bertz CT molecular complexity index is 1040. The molecule has 4 rings (SSSR count). The Morgan fingerprint density at radius 1 is 1.23 bits per heavy atom. The topological polar surface area (TPSA) is 84.1 Å². The maximum absolute atomic E-state index is 12.3. The number of carbonyl (C=O) groups excluding carboxylic acids is 1. The standard InChI is InChI=1S/C23H29N5OS/c1-14-9-11-28(12-10-14)13-18-25-22(19-15(2)16(3)30-23(19)26-18)27-20(21(24)29)17-7-5-4-6-8-17/h4-8,14,20H,9-13H2,1-3H3,(H2,24,29)(H,25,26,27)/t20-/m0/s1. The number of amides is 1. The van der Waals surface area contributed by atoms with Crippen molar-refractivity contribution in [1.29, 1.82) is 0 Å². The van der Waals surface area contributed by atoms with Crippen LogP contribution in [0.25, 0.3) is 10.2 Å². The second-order valence-electron chi connectivity index (χ2n) is 8.30. The molecule has 3 N–H and O–H groups in total. The van der Waals surface area contributed by atoms with Crippen molar-refractivity contribution < 1.29 is 4.79 Å². The van der Waals surface area contributed by atoms with E-state index in [2.05, 4.69) is 31.0 Å². The minimum Gasteiger partial charge on any atom is -0.368 e. The van der Waals surface area contributed by atoms with Gasteiger partial charge in [0.05, 0.1) is 11.9 Å². The van der Waals surface area contributed by atoms with Crippen molar-refractivity contribution in [2.75, 3.05) is 18.4 Å². The summed E-state index contributed by atoms with van der Waals surface area (Å²) in [6, 6.07) is 8.91. The fourth-order valence-electron chi connectivity index (χ4n) is 3.99. The number of aryl methyl sites for hydroxylation is 2. The van der Waals surface area contributed by atoms with Gasteiger partial charge in [-0.05, 0) is 56.8 Å². The number of benzene rings is 1. The maximum atomic E-state index is 12.3. The number of primary amides is 1. The normalized spacial score (nSPS) is 16.6. The van der Waals surface area contributed by atoms with Crippen LogP contribution in [-0.2, 0) is 11.3 Å². The summed E-state index contributed by atoms with van der Waals surface area (Å²) in [5.41, 5.74) is 7.73. The molecule has 158 valence electrons. The third-order valence-corrected chi connectivity index (χ3v) is 7.12. The number of nitrogens with two attached hydrogens (primary N) is 1. The molecule has 0 spiro atoms. The zero-order valence-electron chi connectivity index (χ0n) is 17.8. The largest absolute Gasteiger partial charge is 0.368 e. The number of hydrogen-bond acceptors (Lipinski definition) is 6. The number of fused-ring (bicyclic) bond motifs is 1. The lowest BCUT2D eigenvalue weighted by molar-refractivity contribution is -0.118. The first kappa shape index (κ1) is 20.8. The molecule has 0 radical (unpaired) electrons. The van der Waals surface area contributed by atoms with E-state index in [-0.39, 0.29) is 0 Å². The van der Waals surface area contributed by atoms with Crippen molar-refractivity contribution in [3.63, 3.8) is 0 Å². The van der Waals surface area contributed by atoms with Gasteiger partial charge in [-0.2, -0.15) is 0 Å². The molecule has 1 saturated heterocycles. The smallest absolute Gasteiger partial charge is 0.244 e. The number of carbonyl (C=O) groups is 1. The number of nitrogens with zero attached hydrogens (tertiary/aromatic N) is 3. The van der Waals surface area contributed by atoms with Gasteiger partial charge in [-0.25, -0.2) is 9.97 Å². The van der Waals surface area contributed by atoms with E-state index in [1.54, 1.807) is 11.3 Å². The van der Waals surface area contributed by atoms with Crippen molar-refractivity contribution in [3.8, 4) is 0 Å². The van der Waals surface area contributed by atoms with Gasteiger partial charge in [0, 0.05) is 4.88 Å². The number of anilines is 1. The van der Waals surface area contributed by atoms with Crippen molar-refractivity contribution in [2.24, 2.45) is 11.7 Å². The lowest BCUT2D eigenvalue weighted by Gasteiger charge is -2.29. The second kappa shape index (κ2) is 8.70. The number of likely N-dealkylation sites (tertiary alicyclic amines) is 1. The second-order valence-corrected chi connectivity index (χ2v) is 9.50. The van der Waals surface area contributed by atoms with Gasteiger partial charge in [0.15, 0.2) is 0 Å². The molecule has 0 saturated carbocycles. The van der Waals surface area contributed by atoms with E-state index in [0.717, 1.165) is 52.7 Å². The van der Waals surface area contributed by atoms with E-state index in [9.17, 15) is 4.79 Å². The molecule has 3 heterocycles. The van der Waals surface area contributed by atoms with E-state index in [1.165, 1.54) is 17.7 Å². The zero-order chi connectivity index (χ0) is 21.3. The molecule has 1 aliphatic heterocycles. The van der Waals surface area contributed by atoms with Crippen LogP contribution in [0.15, 0.2) is 30.3 Å². The summed E-state index contributed by atoms with van der Waals surface area (Å²) in [7, 11) is 0. The van der Waals surface area contributed by atoms with E-state index in [0.29, 0.717) is 5.82 Å². The minimum absolute atomic E-state index is 0.427. The molecule has 1 atom stereocenters. The van der Waals surface area contributed by atoms with Gasteiger partial charge in [-0.3, -0.25) is 9.69 Å². The van der Waals surface area contributed by atoms with Crippen LogP contribution in [0.1, 0.15) is 47.6 Å². The summed E-state index contributed by atoms with van der Waals surface area (Å²) in [6.45, 7) is 9.35. The third-order valence-electron chi connectivity index (χ3n) is 6.01. The highest BCUT2D eigenvalue weighted by atomic mass is 32.1. The van der Waals surface area contributed by atoms with Gasteiger partial charge in [-0.1, -0.05) is 37.3 Å². The van der Waals surface area contributed by atoms with Crippen molar-refractivity contribution in [3.05, 3.63) is 52.2 Å². The molecule has 6 nitrogen and oxygen atoms in total.